The fraction of sp³-hybridized carbons (Fsp3) is 0.278. The quantitative estimate of drug-likeness (QED) is 0.717. The van der Waals surface area contributed by atoms with Gasteiger partial charge in [0.05, 0.1) is 35.9 Å². The summed E-state index contributed by atoms with van der Waals surface area (Å²) in [4.78, 5) is 4.89. The van der Waals surface area contributed by atoms with E-state index in [1.54, 1.807) is 0 Å². The van der Waals surface area contributed by atoms with E-state index in [2.05, 4.69) is 48.0 Å². The van der Waals surface area contributed by atoms with Crippen LogP contribution in [0.5, 0.6) is 0 Å². The lowest BCUT2D eigenvalue weighted by Crippen LogP contribution is -2.43. The number of aliphatic imine (C=N–C) groups is 1. The van der Waals surface area contributed by atoms with Gasteiger partial charge in [-0.15, -0.1) is 14.5 Å². The van der Waals surface area contributed by atoms with Gasteiger partial charge in [-0.05, 0) is 0 Å². The summed E-state index contributed by atoms with van der Waals surface area (Å²) < 4.78 is 4.70. The maximum Gasteiger partial charge on any atom is 0.280 e. The van der Waals surface area contributed by atoms with Crippen molar-refractivity contribution in [1.29, 1.82) is 0 Å². The van der Waals surface area contributed by atoms with Gasteiger partial charge in [0.25, 0.3) is 5.00 Å². The van der Waals surface area contributed by atoms with Crippen molar-refractivity contribution in [3.63, 3.8) is 0 Å². The van der Waals surface area contributed by atoms with E-state index in [1.165, 1.54) is 10.6 Å². The largest absolute Gasteiger partial charge is 0.314 e. The Hall–Kier alpha value is -2.35. The summed E-state index contributed by atoms with van der Waals surface area (Å²) in [5.74, 6) is 0.840. The number of rotatable bonds is 2. The van der Waals surface area contributed by atoms with E-state index in [0.717, 1.165) is 43.3 Å². The second-order valence-electron chi connectivity index (χ2n) is 6.18. The number of aromatic nitrogens is 3. The standard InChI is InChI=1S/C18H19N6S/c1-2-4-14(5-3-1)16-17-22-21-13-24(17)18-15(12-20-16)6-11-25(18)23-9-7-19-8-10-23/h1-6,11,13,19H,7-10,12H2/q+1. The summed E-state index contributed by atoms with van der Waals surface area (Å²) in [5, 5.41) is 15.7. The normalized spacial score (nSPS) is 18.2. The average Bonchev–Trinajstić information content (AvgIpc) is 3.28. The fourth-order valence-corrected chi connectivity index (χ4v) is 5.59. The molecule has 1 unspecified atom stereocenters. The van der Waals surface area contributed by atoms with Crippen molar-refractivity contribution in [2.45, 2.75) is 6.54 Å². The maximum atomic E-state index is 4.89. The number of piperazine rings is 1. The molecule has 3 aromatic rings. The van der Waals surface area contributed by atoms with Crippen molar-refractivity contribution in [1.82, 2.24) is 20.1 Å². The molecule has 1 N–H and O–H groups in total. The molecule has 25 heavy (non-hydrogen) atoms. The third-order valence-corrected chi connectivity index (χ3v) is 6.83. The summed E-state index contributed by atoms with van der Waals surface area (Å²) in [6.07, 6.45) is 1.84. The lowest BCUT2D eigenvalue weighted by Gasteiger charge is -2.20. The Morgan fingerprint density at radius 1 is 1.04 bits per heavy atom. The minimum atomic E-state index is -0.0504. The predicted molar refractivity (Wildman–Crippen MR) is 100 cm³/mol. The molecule has 5 rings (SSSR count). The highest BCUT2D eigenvalue weighted by Crippen LogP contribution is 2.37. The van der Waals surface area contributed by atoms with E-state index in [9.17, 15) is 0 Å². The lowest BCUT2D eigenvalue weighted by molar-refractivity contribution is 0.611. The van der Waals surface area contributed by atoms with Crippen molar-refractivity contribution in [2.75, 3.05) is 30.5 Å². The van der Waals surface area contributed by atoms with Crippen molar-refractivity contribution in [3.8, 4) is 5.00 Å². The van der Waals surface area contributed by atoms with Crippen LogP contribution in [0.1, 0.15) is 17.0 Å². The van der Waals surface area contributed by atoms with Gasteiger partial charge in [-0.25, -0.2) is 4.57 Å². The van der Waals surface area contributed by atoms with E-state index >= 15 is 0 Å². The zero-order valence-electron chi connectivity index (χ0n) is 13.8. The molecule has 2 aliphatic heterocycles. The van der Waals surface area contributed by atoms with E-state index in [4.69, 9.17) is 4.99 Å². The molecular weight excluding hydrogens is 332 g/mol. The Morgan fingerprint density at radius 3 is 2.72 bits per heavy atom. The molecule has 2 aliphatic rings. The molecule has 1 aromatic carbocycles. The van der Waals surface area contributed by atoms with Gasteiger partial charge in [0.1, 0.15) is 12.0 Å². The maximum absolute atomic E-state index is 4.89. The molecule has 1 saturated heterocycles. The summed E-state index contributed by atoms with van der Waals surface area (Å²) >= 11 is 0. The summed E-state index contributed by atoms with van der Waals surface area (Å²) in [5.41, 5.74) is 3.28. The van der Waals surface area contributed by atoms with Gasteiger partial charge >= 0.3 is 0 Å². The highest BCUT2D eigenvalue weighted by Gasteiger charge is 2.33. The van der Waals surface area contributed by atoms with Crippen LogP contribution in [-0.4, -0.2) is 46.7 Å². The first-order valence-corrected chi connectivity index (χ1v) is 9.77. The molecule has 4 heterocycles. The summed E-state index contributed by atoms with van der Waals surface area (Å²) in [7, 11) is -0.0504. The van der Waals surface area contributed by atoms with Gasteiger partial charge < -0.3 is 5.32 Å². The van der Waals surface area contributed by atoms with E-state index in [0.29, 0.717) is 6.54 Å². The number of hydrogen-bond acceptors (Lipinski definition) is 5. The second-order valence-corrected chi connectivity index (χ2v) is 7.99. The van der Waals surface area contributed by atoms with Crippen LogP contribution in [-0.2, 0) is 6.54 Å². The molecule has 1 fully saturated rings. The highest BCUT2D eigenvalue weighted by molar-refractivity contribution is 7.34. The molecule has 0 spiro atoms. The summed E-state index contributed by atoms with van der Waals surface area (Å²) in [6, 6.07) is 12.5. The zero-order chi connectivity index (χ0) is 16.6. The third-order valence-electron chi connectivity index (χ3n) is 4.66. The molecule has 0 bridgehead atoms. The Labute approximate surface area is 148 Å². The van der Waals surface area contributed by atoms with Crippen molar-refractivity contribution in [3.05, 3.63) is 65.1 Å². The lowest BCUT2D eigenvalue weighted by atomic mass is 10.1. The smallest absolute Gasteiger partial charge is 0.280 e. The van der Waals surface area contributed by atoms with Crippen LogP contribution in [0.25, 0.3) is 5.00 Å². The number of fused-ring (bicyclic) bond motifs is 3. The topological polar surface area (TPSA) is 58.3 Å². The second kappa shape index (κ2) is 6.18. The van der Waals surface area contributed by atoms with Gasteiger partial charge in [0.2, 0.25) is 0 Å². The number of benzene rings is 1. The number of nitrogens with zero attached hydrogens (tertiary/aromatic N) is 5. The summed E-state index contributed by atoms with van der Waals surface area (Å²) in [6.45, 7) is 4.90. The van der Waals surface area contributed by atoms with Gasteiger partial charge in [0, 0.05) is 24.7 Å². The van der Waals surface area contributed by atoms with Crippen molar-refractivity contribution in [2.24, 2.45) is 4.99 Å². The minimum absolute atomic E-state index is 0.0504. The third kappa shape index (κ3) is 2.52. The molecule has 7 heteroatoms. The van der Waals surface area contributed by atoms with Crippen LogP contribution < -0.4 is 9.62 Å². The van der Waals surface area contributed by atoms with Crippen LogP contribution in [0.4, 0.5) is 0 Å². The Morgan fingerprint density at radius 2 is 1.88 bits per heavy atom. The van der Waals surface area contributed by atoms with Gasteiger partial charge in [-0.1, -0.05) is 30.3 Å². The highest BCUT2D eigenvalue weighted by atomic mass is 32.2. The molecule has 0 aliphatic carbocycles. The number of nitrogens with one attached hydrogen (secondary N) is 1. The fourth-order valence-electron chi connectivity index (χ4n) is 3.44. The monoisotopic (exact) mass is 351 g/mol. The minimum Gasteiger partial charge on any atom is -0.314 e. The van der Waals surface area contributed by atoms with Crippen LogP contribution in [0.2, 0.25) is 0 Å². The number of hydrogen-bond donors (Lipinski definition) is 1. The molecule has 0 radical (unpaired) electrons. The SMILES string of the molecule is c1ccc(C2=NCc3cc[s+](N4CCNCC4)c3-n3cnnc32)cc1. The van der Waals surface area contributed by atoms with E-state index < -0.39 is 0 Å². The first-order chi connectivity index (χ1) is 12.4. The Kier molecular flexibility index (Phi) is 3.70. The molecule has 0 saturated carbocycles. The average molecular weight is 351 g/mol. The molecule has 1 atom stereocenters. The molecule has 6 nitrogen and oxygen atoms in total. The van der Waals surface area contributed by atoms with Crippen LogP contribution in [0, 0.1) is 0 Å². The van der Waals surface area contributed by atoms with Crippen molar-refractivity contribution < 1.29 is 0 Å². The molecule has 2 aromatic heterocycles. The van der Waals surface area contributed by atoms with Gasteiger partial charge in [-0.3, -0.25) is 4.99 Å². The van der Waals surface area contributed by atoms with Gasteiger partial charge in [0.15, 0.2) is 11.2 Å². The van der Waals surface area contributed by atoms with Crippen LogP contribution in [0.3, 0.4) is 0 Å². The predicted octanol–water partition coefficient (Wildman–Crippen LogP) is 1.91. The van der Waals surface area contributed by atoms with E-state index in [1.807, 2.05) is 24.5 Å². The molecule has 0 amide bonds. The zero-order valence-corrected chi connectivity index (χ0v) is 14.6. The molecule has 126 valence electrons. The first kappa shape index (κ1) is 14.9. The van der Waals surface area contributed by atoms with E-state index in [-0.39, 0.29) is 10.7 Å². The first-order valence-electron chi connectivity index (χ1n) is 8.53. The van der Waals surface area contributed by atoms with Crippen molar-refractivity contribution >= 4 is 16.4 Å². The van der Waals surface area contributed by atoms with Crippen LogP contribution in [0.15, 0.2) is 53.1 Å². The Balaban J connectivity index is 1.63. The van der Waals surface area contributed by atoms with Crippen LogP contribution >= 0.6 is 10.7 Å². The Bertz CT molecular complexity index is 920. The molecular formula is C18H19N6S+. The number of thiophene rings is 1. The van der Waals surface area contributed by atoms with Gasteiger partial charge in [-0.2, -0.15) is 0 Å².